The third-order valence-corrected chi connectivity index (χ3v) is 4.29. The Kier molecular flexibility index (Phi) is 4.55. The van der Waals surface area contributed by atoms with Crippen LogP contribution in [0.15, 0.2) is 30.3 Å². The molecule has 1 unspecified atom stereocenters. The van der Waals surface area contributed by atoms with E-state index in [2.05, 4.69) is 33.0 Å². The summed E-state index contributed by atoms with van der Waals surface area (Å²) in [5, 5.41) is 7.93. The summed E-state index contributed by atoms with van der Waals surface area (Å²) in [6.07, 6.45) is 0. The van der Waals surface area contributed by atoms with E-state index in [0.29, 0.717) is 0 Å². The molecule has 22 heavy (non-hydrogen) atoms. The molecule has 0 radical (unpaired) electrons. The predicted octanol–water partition coefficient (Wildman–Crippen LogP) is 2.29. The lowest BCUT2D eigenvalue weighted by atomic mass is 10.0. The zero-order chi connectivity index (χ0) is 15.5. The number of piperazine rings is 1. The van der Waals surface area contributed by atoms with E-state index in [4.69, 9.17) is 0 Å². The average molecular weight is 302 g/mol. The molecule has 1 aliphatic rings. The van der Waals surface area contributed by atoms with Gasteiger partial charge in [-0.2, -0.15) is 5.10 Å². The van der Waals surface area contributed by atoms with Crippen molar-refractivity contribution in [3.63, 3.8) is 0 Å². The zero-order valence-electron chi connectivity index (χ0n) is 13.2. The molecule has 1 fully saturated rings. The van der Waals surface area contributed by atoms with Gasteiger partial charge in [-0.05, 0) is 37.6 Å². The van der Waals surface area contributed by atoms with Gasteiger partial charge in [0.2, 0.25) is 0 Å². The molecule has 1 N–H and O–H groups in total. The van der Waals surface area contributed by atoms with Crippen LogP contribution in [0.25, 0.3) is 0 Å². The molecule has 4 nitrogen and oxygen atoms in total. The molecule has 1 saturated heterocycles. The summed E-state index contributed by atoms with van der Waals surface area (Å²) < 4.78 is 15.6. The number of benzene rings is 1. The van der Waals surface area contributed by atoms with E-state index in [1.54, 1.807) is 12.1 Å². The van der Waals surface area contributed by atoms with Crippen LogP contribution in [-0.2, 0) is 6.54 Å². The molecule has 3 rings (SSSR count). The summed E-state index contributed by atoms with van der Waals surface area (Å²) in [6, 6.07) is 9.27. The minimum absolute atomic E-state index is 0.165. The summed E-state index contributed by atoms with van der Waals surface area (Å²) in [4.78, 5) is 2.42. The van der Waals surface area contributed by atoms with Gasteiger partial charge in [-0.1, -0.05) is 12.1 Å². The van der Waals surface area contributed by atoms with Crippen LogP contribution in [0.2, 0.25) is 0 Å². The number of nitrogens with one attached hydrogen (secondary N) is 1. The molecular formula is C17H23FN4. The van der Waals surface area contributed by atoms with Crippen molar-refractivity contribution in [2.45, 2.75) is 26.4 Å². The number of hydrogen-bond donors (Lipinski definition) is 1. The largest absolute Gasteiger partial charge is 0.314 e. The zero-order valence-corrected chi connectivity index (χ0v) is 13.2. The summed E-state index contributed by atoms with van der Waals surface area (Å²) in [6.45, 7) is 8.70. The number of halogens is 1. The Hall–Kier alpha value is -1.72. The fourth-order valence-corrected chi connectivity index (χ4v) is 3.18. The van der Waals surface area contributed by atoms with Gasteiger partial charge in [0.25, 0.3) is 0 Å². The van der Waals surface area contributed by atoms with Crippen LogP contribution in [0, 0.1) is 19.7 Å². The first-order valence-electron chi connectivity index (χ1n) is 7.85. The van der Waals surface area contributed by atoms with E-state index in [1.165, 1.54) is 11.8 Å². The van der Waals surface area contributed by atoms with E-state index in [0.717, 1.165) is 44.0 Å². The molecule has 2 heterocycles. The normalized spacial score (nSPS) is 19.5. The highest BCUT2D eigenvalue weighted by Gasteiger charge is 2.23. The molecular weight excluding hydrogens is 279 g/mol. The fourth-order valence-electron chi connectivity index (χ4n) is 3.18. The van der Waals surface area contributed by atoms with Gasteiger partial charge in [-0.25, -0.2) is 4.39 Å². The second kappa shape index (κ2) is 6.58. The lowest BCUT2D eigenvalue weighted by molar-refractivity contribution is 0.153. The molecule has 0 bridgehead atoms. The van der Waals surface area contributed by atoms with Crippen LogP contribution in [0.1, 0.15) is 23.0 Å². The van der Waals surface area contributed by atoms with Crippen molar-refractivity contribution in [2.75, 3.05) is 26.2 Å². The molecule has 0 spiro atoms. The predicted molar refractivity (Wildman–Crippen MR) is 85.3 cm³/mol. The maximum atomic E-state index is 13.5. The van der Waals surface area contributed by atoms with Gasteiger partial charge >= 0.3 is 0 Å². The highest BCUT2D eigenvalue weighted by atomic mass is 19.1. The number of rotatable bonds is 4. The summed E-state index contributed by atoms with van der Waals surface area (Å²) >= 11 is 0. The van der Waals surface area contributed by atoms with Crippen molar-refractivity contribution in [3.8, 4) is 0 Å². The second-order valence-electron chi connectivity index (χ2n) is 5.96. The summed E-state index contributed by atoms with van der Waals surface area (Å²) in [7, 11) is 0. The SMILES string of the molecule is Cc1cc(C)n(CCN2CCNCC2c2cccc(F)c2)n1. The van der Waals surface area contributed by atoms with Crippen LogP contribution < -0.4 is 5.32 Å². The molecule has 2 aromatic rings. The summed E-state index contributed by atoms with van der Waals surface area (Å²) in [5.41, 5.74) is 3.29. The number of aryl methyl sites for hydroxylation is 2. The Morgan fingerprint density at radius 2 is 2.14 bits per heavy atom. The van der Waals surface area contributed by atoms with Gasteiger partial charge in [0.15, 0.2) is 0 Å². The second-order valence-corrected chi connectivity index (χ2v) is 5.96. The van der Waals surface area contributed by atoms with Crippen LogP contribution >= 0.6 is 0 Å². The lowest BCUT2D eigenvalue weighted by Gasteiger charge is -2.36. The van der Waals surface area contributed by atoms with Crippen molar-refractivity contribution < 1.29 is 4.39 Å². The van der Waals surface area contributed by atoms with Crippen LogP contribution in [-0.4, -0.2) is 40.9 Å². The Morgan fingerprint density at radius 3 is 2.86 bits per heavy atom. The van der Waals surface area contributed by atoms with Gasteiger partial charge in [0.05, 0.1) is 12.2 Å². The lowest BCUT2D eigenvalue weighted by Crippen LogP contribution is -2.47. The third-order valence-electron chi connectivity index (χ3n) is 4.29. The number of aromatic nitrogens is 2. The van der Waals surface area contributed by atoms with Gasteiger partial charge in [-0.3, -0.25) is 9.58 Å². The van der Waals surface area contributed by atoms with Crippen molar-refractivity contribution in [1.82, 2.24) is 20.0 Å². The van der Waals surface area contributed by atoms with E-state index in [1.807, 2.05) is 13.0 Å². The molecule has 0 saturated carbocycles. The molecule has 0 amide bonds. The molecule has 1 atom stereocenters. The first-order chi connectivity index (χ1) is 10.6. The third kappa shape index (κ3) is 3.36. The fraction of sp³-hybridized carbons (Fsp3) is 0.471. The van der Waals surface area contributed by atoms with E-state index in [9.17, 15) is 4.39 Å². The van der Waals surface area contributed by atoms with Crippen molar-refractivity contribution in [2.24, 2.45) is 0 Å². The maximum absolute atomic E-state index is 13.5. The molecule has 5 heteroatoms. The van der Waals surface area contributed by atoms with Gasteiger partial charge in [0.1, 0.15) is 5.82 Å². The van der Waals surface area contributed by atoms with E-state index < -0.39 is 0 Å². The highest BCUT2D eigenvalue weighted by molar-refractivity contribution is 5.21. The first-order valence-corrected chi connectivity index (χ1v) is 7.85. The van der Waals surface area contributed by atoms with E-state index >= 15 is 0 Å². The molecule has 1 aromatic heterocycles. The average Bonchev–Trinajstić information content (AvgIpc) is 2.83. The smallest absolute Gasteiger partial charge is 0.123 e. The van der Waals surface area contributed by atoms with Gasteiger partial charge in [-0.15, -0.1) is 0 Å². The number of hydrogen-bond acceptors (Lipinski definition) is 3. The van der Waals surface area contributed by atoms with Crippen molar-refractivity contribution in [1.29, 1.82) is 0 Å². The quantitative estimate of drug-likeness (QED) is 0.940. The first kappa shape index (κ1) is 15.2. The highest BCUT2D eigenvalue weighted by Crippen LogP contribution is 2.22. The standard InChI is InChI=1S/C17H23FN4/c1-13-10-14(2)22(20-13)9-8-21-7-6-19-12-17(21)15-4-3-5-16(18)11-15/h3-5,10-11,17,19H,6-9,12H2,1-2H3. The van der Waals surface area contributed by atoms with Crippen LogP contribution in [0.4, 0.5) is 4.39 Å². The Labute approximate surface area is 130 Å². The summed E-state index contributed by atoms with van der Waals surface area (Å²) in [5.74, 6) is -0.165. The van der Waals surface area contributed by atoms with E-state index in [-0.39, 0.29) is 11.9 Å². The maximum Gasteiger partial charge on any atom is 0.123 e. The van der Waals surface area contributed by atoms with Crippen LogP contribution in [0.3, 0.4) is 0 Å². The Bertz CT molecular complexity index is 637. The monoisotopic (exact) mass is 302 g/mol. The topological polar surface area (TPSA) is 33.1 Å². The minimum atomic E-state index is -0.165. The minimum Gasteiger partial charge on any atom is -0.314 e. The molecule has 1 aliphatic heterocycles. The molecule has 118 valence electrons. The Morgan fingerprint density at radius 1 is 1.27 bits per heavy atom. The Balaban J connectivity index is 1.71. The molecule has 1 aromatic carbocycles. The van der Waals surface area contributed by atoms with Gasteiger partial charge < -0.3 is 5.32 Å². The van der Waals surface area contributed by atoms with Crippen molar-refractivity contribution in [3.05, 3.63) is 53.1 Å². The molecule has 0 aliphatic carbocycles. The number of nitrogens with zero attached hydrogens (tertiary/aromatic N) is 3. The van der Waals surface area contributed by atoms with Crippen LogP contribution in [0.5, 0.6) is 0 Å². The van der Waals surface area contributed by atoms with Gasteiger partial charge in [0, 0.05) is 37.9 Å². The van der Waals surface area contributed by atoms with Crippen molar-refractivity contribution >= 4 is 0 Å².